The highest BCUT2D eigenvalue weighted by Gasteiger charge is 2.35. The third-order valence-corrected chi connectivity index (χ3v) is 6.14. The lowest BCUT2D eigenvalue weighted by molar-refractivity contribution is -0.129. The van der Waals surface area contributed by atoms with E-state index >= 15 is 0 Å². The van der Waals surface area contributed by atoms with Crippen LogP contribution in [0.2, 0.25) is 0 Å². The molecule has 0 radical (unpaired) electrons. The Morgan fingerprint density at radius 3 is 2.57 bits per heavy atom. The van der Waals surface area contributed by atoms with Crippen molar-refractivity contribution in [1.29, 1.82) is 0 Å². The second kappa shape index (κ2) is 8.27. The van der Waals surface area contributed by atoms with Crippen LogP contribution < -0.4 is 0 Å². The Kier molecular flexibility index (Phi) is 6.08. The van der Waals surface area contributed by atoms with E-state index < -0.39 is 0 Å². The number of carbonyl (C=O) groups excluding carboxylic acids is 1. The number of amides is 1. The number of rotatable bonds is 5. The van der Waals surface area contributed by atoms with Crippen molar-refractivity contribution >= 4 is 17.2 Å². The van der Waals surface area contributed by atoms with Gasteiger partial charge in [0.1, 0.15) is 0 Å². The Labute approximate surface area is 143 Å². The summed E-state index contributed by atoms with van der Waals surface area (Å²) in [5, 5.41) is 11.7. The van der Waals surface area contributed by atoms with E-state index in [0.717, 1.165) is 24.5 Å². The van der Waals surface area contributed by atoms with Gasteiger partial charge in [0.2, 0.25) is 5.91 Å². The van der Waals surface area contributed by atoms with E-state index in [9.17, 15) is 9.90 Å². The molecule has 0 bridgehead atoms. The van der Waals surface area contributed by atoms with E-state index in [1.54, 1.807) is 11.3 Å². The van der Waals surface area contributed by atoms with Gasteiger partial charge in [0.05, 0.1) is 6.42 Å². The van der Waals surface area contributed by atoms with Crippen LogP contribution >= 0.6 is 11.3 Å². The zero-order valence-corrected chi connectivity index (χ0v) is 14.6. The lowest BCUT2D eigenvalue weighted by atomic mass is 9.96. The first kappa shape index (κ1) is 16.9. The average molecular weight is 337 g/mol. The van der Waals surface area contributed by atoms with Crippen molar-refractivity contribution in [3.8, 4) is 0 Å². The van der Waals surface area contributed by atoms with Crippen molar-refractivity contribution in [3.63, 3.8) is 0 Å². The Morgan fingerprint density at radius 2 is 1.91 bits per heavy atom. The van der Waals surface area contributed by atoms with Gasteiger partial charge in [-0.3, -0.25) is 4.79 Å². The highest BCUT2D eigenvalue weighted by Crippen LogP contribution is 2.26. The Balaban J connectivity index is 1.55. The van der Waals surface area contributed by atoms with Crippen LogP contribution in [0, 0.1) is 11.8 Å². The molecule has 0 aliphatic carbocycles. The van der Waals surface area contributed by atoms with Crippen molar-refractivity contribution in [2.75, 3.05) is 39.3 Å². The van der Waals surface area contributed by atoms with E-state index in [1.165, 1.54) is 38.8 Å². The molecule has 3 rings (SSSR count). The zero-order chi connectivity index (χ0) is 16.1. The van der Waals surface area contributed by atoms with Crippen LogP contribution in [0.1, 0.15) is 30.6 Å². The molecule has 128 valence electrons. The second-order valence-electron chi connectivity index (χ2n) is 6.97. The first-order valence-electron chi connectivity index (χ1n) is 8.89. The molecule has 0 aromatic carbocycles. The van der Waals surface area contributed by atoms with Crippen molar-refractivity contribution in [3.05, 3.63) is 22.4 Å². The summed E-state index contributed by atoms with van der Waals surface area (Å²) in [5.74, 6) is 0.875. The van der Waals surface area contributed by atoms with E-state index in [2.05, 4.69) is 4.90 Å². The maximum Gasteiger partial charge on any atom is 0.227 e. The molecule has 5 heteroatoms. The molecule has 23 heavy (non-hydrogen) atoms. The fraction of sp³-hybridized carbons (Fsp3) is 0.722. The van der Waals surface area contributed by atoms with E-state index in [4.69, 9.17) is 0 Å². The Morgan fingerprint density at radius 1 is 1.17 bits per heavy atom. The minimum absolute atomic E-state index is 0.196. The molecule has 1 aromatic heterocycles. The summed E-state index contributed by atoms with van der Waals surface area (Å²) in [7, 11) is 0. The number of aliphatic hydroxyl groups is 1. The summed E-state index contributed by atoms with van der Waals surface area (Å²) in [5.41, 5.74) is 0. The molecular formula is C18H28N2O2S. The summed E-state index contributed by atoms with van der Waals surface area (Å²) in [6.07, 6.45) is 5.77. The Bertz CT molecular complexity index is 483. The predicted octanol–water partition coefficient (Wildman–Crippen LogP) is 2.23. The molecule has 4 nitrogen and oxygen atoms in total. The molecule has 2 aliphatic rings. The summed E-state index contributed by atoms with van der Waals surface area (Å²) in [6, 6.07) is 4.02. The van der Waals surface area contributed by atoms with Gasteiger partial charge in [-0.2, -0.15) is 0 Å². The topological polar surface area (TPSA) is 43.8 Å². The van der Waals surface area contributed by atoms with Gasteiger partial charge in [0, 0.05) is 37.0 Å². The van der Waals surface area contributed by atoms with Crippen LogP contribution in [0.15, 0.2) is 17.5 Å². The number of aliphatic hydroxyl groups excluding tert-OH is 1. The van der Waals surface area contributed by atoms with Crippen LogP contribution in [0.3, 0.4) is 0 Å². The summed E-state index contributed by atoms with van der Waals surface area (Å²) < 4.78 is 0. The Hall–Kier alpha value is -0.910. The smallest absolute Gasteiger partial charge is 0.227 e. The van der Waals surface area contributed by atoms with Crippen molar-refractivity contribution in [1.82, 2.24) is 9.80 Å². The van der Waals surface area contributed by atoms with Gasteiger partial charge in [-0.15, -0.1) is 11.3 Å². The third kappa shape index (κ3) is 4.55. The average Bonchev–Trinajstić information content (AvgIpc) is 3.12. The maximum atomic E-state index is 12.5. The second-order valence-corrected chi connectivity index (χ2v) is 8.00. The fourth-order valence-electron chi connectivity index (χ4n) is 3.88. The highest BCUT2D eigenvalue weighted by molar-refractivity contribution is 7.10. The summed E-state index contributed by atoms with van der Waals surface area (Å²) in [6.45, 7) is 5.12. The van der Waals surface area contributed by atoms with Crippen LogP contribution in [-0.2, 0) is 11.2 Å². The molecule has 0 saturated carbocycles. The van der Waals surface area contributed by atoms with Crippen molar-refractivity contribution in [2.24, 2.45) is 11.8 Å². The number of likely N-dealkylation sites (tertiary alicyclic amines) is 2. The fourth-order valence-corrected chi connectivity index (χ4v) is 4.58. The molecule has 0 unspecified atom stereocenters. The van der Waals surface area contributed by atoms with E-state index in [1.807, 2.05) is 22.4 Å². The third-order valence-electron chi connectivity index (χ3n) is 5.26. The quantitative estimate of drug-likeness (QED) is 0.897. The minimum Gasteiger partial charge on any atom is -0.396 e. The number of nitrogens with zero attached hydrogens (tertiary/aromatic N) is 2. The van der Waals surface area contributed by atoms with E-state index in [0.29, 0.717) is 12.3 Å². The normalized spacial score (nSPS) is 26.4. The molecule has 3 heterocycles. The van der Waals surface area contributed by atoms with Gasteiger partial charge in [-0.25, -0.2) is 0 Å². The highest BCUT2D eigenvalue weighted by atomic mass is 32.1. The van der Waals surface area contributed by atoms with Crippen LogP contribution in [0.25, 0.3) is 0 Å². The van der Waals surface area contributed by atoms with Crippen LogP contribution in [0.4, 0.5) is 0 Å². The first-order valence-corrected chi connectivity index (χ1v) is 9.77. The molecule has 2 aliphatic heterocycles. The van der Waals surface area contributed by atoms with Gasteiger partial charge in [0.25, 0.3) is 0 Å². The van der Waals surface area contributed by atoms with E-state index in [-0.39, 0.29) is 18.4 Å². The lowest BCUT2D eigenvalue weighted by Gasteiger charge is -2.26. The van der Waals surface area contributed by atoms with Crippen molar-refractivity contribution < 1.29 is 9.90 Å². The van der Waals surface area contributed by atoms with Crippen molar-refractivity contribution in [2.45, 2.75) is 32.1 Å². The molecule has 2 atom stereocenters. The molecule has 1 aromatic rings. The molecule has 2 saturated heterocycles. The first-order chi connectivity index (χ1) is 11.3. The van der Waals surface area contributed by atoms with Gasteiger partial charge in [0.15, 0.2) is 0 Å². The lowest BCUT2D eigenvalue weighted by Crippen LogP contribution is -2.35. The number of hydrogen-bond acceptors (Lipinski definition) is 4. The molecular weight excluding hydrogens is 308 g/mol. The molecule has 2 fully saturated rings. The number of carbonyl (C=O) groups is 1. The standard InChI is InChI=1S/C18H28N2O2S/c21-14-16-13-20(18(22)10-17-6-5-9-23-17)12-15(16)11-19-7-3-1-2-4-8-19/h5-6,9,15-16,21H,1-4,7-8,10-14H2/t15-,16-/m1/s1. The van der Waals surface area contributed by atoms with Crippen LogP contribution in [0.5, 0.6) is 0 Å². The number of thiophene rings is 1. The van der Waals surface area contributed by atoms with Gasteiger partial charge < -0.3 is 14.9 Å². The molecule has 0 spiro atoms. The van der Waals surface area contributed by atoms with Gasteiger partial charge >= 0.3 is 0 Å². The minimum atomic E-state index is 0.196. The SMILES string of the molecule is O=C(Cc1cccs1)N1C[C@@H](CN2CCCCCC2)[C@@H](CO)C1. The zero-order valence-electron chi connectivity index (χ0n) is 13.8. The largest absolute Gasteiger partial charge is 0.396 e. The monoisotopic (exact) mass is 336 g/mol. The molecule has 1 N–H and O–H groups in total. The summed E-state index contributed by atoms with van der Waals surface area (Å²) >= 11 is 1.64. The number of hydrogen-bond donors (Lipinski definition) is 1. The van der Waals surface area contributed by atoms with Crippen LogP contribution in [-0.4, -0.2) is 60.1 Å². The molecule has 1 amide bonds. The van der Waals surface area contributed by atoms with Gasteiger partial charge in [-0.05, 0) is 43.3 Å². The summed E-state index contributed by atoms with van der Waals surface area (Å²) in [4.78, 5) is 18.2. The maximum absolute atomic E-state index is 12.5. The van der Waals surface area contributed by atoms with Gasteiger partial charge in [-0.1, -0.05) is 18.9 Å². The predicted molar refractivity (Wildman–Crippen MR) is 93.6 cm³/mol.